The summed E-state index contributed by atoms with van der Waals surface area (Å²) >= 11 is 0. The van der Waals surface area contributed by atoms with Gasteiger partial charge in [-0.2, -0.15) is 0 Å². The average Bonchev–Trinajstić information content (AvgIpc) is 2.64. The molecule has 2 nitrogen and oxygen atoms in total. The number of nitrogens with one attached hydrogen (secondary N) is 1. The molecule has 0 radical (unpaired) electrons. The zero-order valence-corrected chi connectivity index (χ0v) is 12.6. The maximum absolute atomic E-state index is 3.77. The Morgan fingerprint density at radius 1 is 1.22 bits per heavy atom. The molecule has 0 aromatic carbocycles. The summed E-state index contributed by atoms with van der Waals surface area (Å²) in [6, 6.07) is 1.58. The van der Waals surface area contributed by atoms with Gasteiger partial charge in [-0.3, -0.25) is 4.90 Å². The first-order valence-electron chi connectivity index (χ1n) is 8.19. The topological polar surface area (TPSA) is 15.3 Å². The van der Waals surface area contributed by atoms with Gasteiger partial charge in [-0.1, -0.05) is 40.0 Å². The third kappa shape index (κ3) is 3.48. The molecular weight excluding hydrogens is 220 g/mol. The van der Waals surface area contributed by atoms with Crippen molar-refractivity contribution in [3.8, 4) is 0 Å². The minimum Gasteiger partial charge on any atom is -0.312 e. The van der Waals surface area contributed by atoms with Crippen molar-refractivity contribution in [2.45, 2.75) is 71.4 Å². The third-order valence-electron chi connectivity index (χ3n) is 5.33. The van der Waals surface area contributed by atoms with Crippen molar-refractivity contribution in [1.82, 2.24) is 10.2 Å². The Balaban J connectivity index is 1.97. The van der Waals surface area contributed by atoms with Crippen LogP contribution in [0.25, 0.3) is 0 Å². The molecule has 1 N–H and O–H groups in total. The maximum atomic E-state index is 3.77. The summed E-state index contributed by atoms with van der Waals surface area (Å²) in [6.45, 7) is 11.0. The van der Waals surface area contributed by atoms with Gasteiger partial charge in [-0.15, -0.1) is 0 Å². The Hall–Kier alpha value is -0.0800. The number of hydrogen-bond acceptors (Lipinski definition) is 2. The van der Waals surface area contributed by atoms with Crippen molar-refractivity contribution >= 4 is 0 Å². The van der Waals surface area contributed by atoms with Crippen LogP contribution in [0.5, 0.6) is 0 Å². The smallest absolute Gasteiger partial charge is 0.0220 e. The van der Waals surface area contributed by atoms with E-state index in [0.29, 0.717) is 6.04 Å². The first-order valence-corrected chi connectivity index (χ1v) is 8.19. The van der Waals surface area contributed by atoms with E-state index in [1.807, 2.05) is 0 Å². The van der Waals surface area contributed by atoms with Crippen molar-refractivity contribution in [3.63, 3.8) is 0 Å². The van der Waals surface area contributed by atoms with Crippen LogP contribution in [0.4, 0.5) is 0 Å². The highest BCUT2D eigenvalue weighted by molar-refractivity contribution is 4.87. The van der Waals surface area contributed by atoms with Crippen molar-refractivity contribution < 1.29 is 0 Å². The number of hydrogen-bond donors (Lipinski definition) is 1. The first-order chi connectivity index (χ1) is 8.72. The molecule has 0 bridgehead atoms. The second-order valence-electron chi connectivity index (χ2n) is 6.62. The molecule has 2 fully saturated rings. The lowest BCUT2D eigenvalue weighted by Crippen LogP contribution is -2.48. The molecule has 2 heteroatoms. The second kappa shape index (κ2) is 6.91. The molecular formula is C16H32N2. The fourth-order valence-electron chi connectivity index (χ4n) is 3.78. The van der Waals surface area contributed by atoms with E-state index in [0.717, 1.165) is 17.9 Å². The molecule has 1 heterocycles. The normalized spacial score (nSPS) is 37.2. The number of rotatable bonds is 3. The van der Waals surface area contributed by atoms with Crippen LogP contribution in [0.1, 0.15) is 59.3 Å². The molecule has 1 saturated heterocycles. The molecule has 4 unspecified atom stereocenters. The predicted molar refractivity (Wildman–Crippen MR) is 78.9 cm³/mol. The molecule has 2 rings (SSSR count). The van der Waals surface area contributed by atoms with Gasteiger partial charge in [0.15, 0.2) is 0 Å². The van der Waals surface area contributed by atoms with Crippen molar-refractivity contribution in [2.75, 3.05) is 19.6 Å². The van der Waals surface area contributed by atoms with Crippen LogP contribution in [0.3, 0.4) is 0 Å². The van der Waals surface area contributed by atoms with Crippen LogP contribution < -0.4 is 5.32 Å². The van der Waals surface area contributed by atoms with Crippen LogP contribution in [0.2, 0.25) is 0 Å². The zero-order valence-electron chi connectivity index (χ0n) is 12.6. The van der Waals surface area contributed by atoms with Crippen molar-refractivity contribution in [1.29, 1.82) is 0 Å². The lowest BCUT2D eigenvalue weighted by Gasteiger charge is -2.40. The Morgan fingerprint density at radius 3 is 2.72 bits per heavy atom. The lowest BCUT2D eigenvalue weighted by atomic mass is 9.84. The zero-order chi connectivity index (χ0) is 13.0. The molecule has 0 spiro atoms. The molecule has 18 heavy (non-hydrogen) atoms. The molecule has 0 aromatic heterocycles. The van der Waals surface area contributed by atoms with Crippen LogP contribution in [0, 0.1) is 11.8 Å². The van der Waals surface area contributed by atoms with E-state index in [2.05, 4.69) is 31.0 Å². The van der Waals surface area contributed by atoms with Crippen molar-refractivity contribution in [3.05, 3.63) is 0 Å². The molecule has 0 amide bonds. The van der Waals surface area contributed by atoms with Gasteiger partial charge >= 0.3 is 0 Å². The van der Waals surface area contributed by atoms with Gasteiger partial charge in [0.1, 0.15) is 0 Å². The maximum Gasteiger partial charge on any atom is 0.0220 e. The minimum atomic E-state index is 0.714. The average molecular weight is 252 g/mol. The lowest BCUT2D eigenvalue weighted by molar-refractivity contribution is 0.103. The van der Waals surface area contributed by atoms with Crippen LogP contribution in [-0.4, -0.2) is 36.6 Å². The Morgan fingerprint density at radius 2 is 2.00 bits per heavy atom. The highest BCUT2D eigenvalue weighted by Gasteiger charge is 2.30. The molecule has 1 saturated carbocycles. The summed E-state index contributed by atoms with van der Waals surface area (Å²) in [4.78, 5) is 2.82. The fourth-order valence-corrected chi connectivity index (χ4v) is 3.78. The molecule has 0 aromatic rings. The molecule has 1 aliphatic carbocycles. The van der Waals surface area contributed by atoms with Gasteiger partial charge in [0.2, 0.25) is 0 Å². The Labute approximate surface area is 114 Å². The van der Waals surface area contributed by atoms with E-state index < -0.39 is 0 Å². The van der Waals surface area contributed by atoms with E-state index in [1.54, 1.807) is 0 Å². The second-order valence-corrected chi connectivity index (χ2v) is 6.62. The van der Waals surface area contributed by atoms with Crippen LogP contribution in [-0.2, 0) is 0 Å². The van der Waals surface area contributed by atoms with E-state index in [9.17, 15) is 0 Å². The van der Waals surface area contributed by atoms with Gasteiger partial charge in [-0.05, 0) is 44.2 Å². The fraction of sp³-hybridized carbons (Fsp3) is 1.00. The van der Waals surface area contributed by atoms with E-state index in [1.165, 1.54) is 58.2 Å². The van der Waals surface area contributed by atoms with Gasteiger partial charge in [0, 0.05) is 18.6 Å². The minimum absolute atomic E-state index is 0.714. The summed E-state index contributed by atoms with van der Waals surface area (Å²) in [5, 5.41) is 3.77. The largest absolute Gasteiger partial charge is 0.312 e. The molecule has 106 valence electrons. The standard InChI is InChI=1S/C16H32N2/c1-4-13(2)15-12-18(11-7-10-17-15)16-9-6-5-8-14(16)3/h13-17H,4-12H2,1-3H3. The summed E-state index contributed by atoms with van der Waals surface area (Å²) < 4.78 is 0. The highest BCUT2D eigenvalue weighted by Crippen LogP contribution is 2.29. The Kier molecular flexibility index (Phi) is 5.50. The van der Waals surface area contributed by atoms with E-state index in [4.69, 9.17) is 0 Å². The van der Waals surface area contributed by atoms with Crippen LogP contribution in [0.15, 0.2) is 0 Å². The molecule has 2 aliphatic rings. The number of nitrogens with zero attached hydrogens (tertiary/aromatic N) is 1. The summed E-state index contributed by atoms with van der Waals surface area (Å²) in [5.41, 5.74) is 0. The molecule has 4 atom stereocenters. The summed E-state index contributed by atoms with van der Waals surface area (Å²) in [7, 11) is 0. The van der Waals surface area contributed by atoms with Crippen molar-refractivity contribution in [2.24, 2.45) is 11.8 Å². The van der Waals surface area contributed by atoms with Gasteiger partial charge in [0.25, 0.3) is 0 Å². The van der Waals surface area contributed by atoms with Gasteiger partial charge < -0.3 is 5.32 Å². The Bertz CT molecular complexity index is 241. The summed E-state index contributed by atoms with van der Waals surface area (Å²) in [5.74, 6) is 1.72. The molecule has 1 aliphatic heterocycles. The third-order valence-corrected chi connectivity index (χ3v) is 5.33. The van der Waals surface area contributed by atoms with Gasteiger partial charge in [-0.25, -0.2) is 0 Å². The summed E-state index contributed by atoms with van der Waals surface area (Å²) in [6.07, 6.45) is 8.42. The monoisotopic (exact) mass is 252 g/mol. The predicted octanol–water partition coefficient (Wildman–Crippen LogP) is 3.28. The van der Waals surface area contributed by atoms with E-state index in [-0.39, 0.29) is 0 Å². The van der Waals surface area contributed by atoms with Crippen LogP contribution >= 0.6 is 0 Å². The SMILES string of the molecule is CCC(C)C1CN(C2CCCCC2C)CCCN1. The highest BCUT2D eigenvalue weighted by atomic mass is 15.2. The van der Waals surface area contributed by atoms with E-state index >= 15 is 0 Å². The van der Waals surface area contributed by atoms with Gasteiger partial charge in [0.05, 0.1) is 0 Å². The quantitative estimate of drug-likeness (QED) is 0.829. The first kappa shape index (κ1) is 14.3.